The predicted octanol–water partition coefficient (Wildman–Crippen LogP) is -2.17. The summed E-state index contributed by atoms with van der Waals surface area (Å²) in [5.74, 6) is -2.67. The number of hydrogen-bond donors (Lipinski definition) is 7. The number of imidazole rings is 1. The first-order valence-electron chi connectivity index (χ1n) is 9.62. The molecule has 0 aromatic carbocycles. The fourth-order valence-corrected chi connectivity index (χ4v) is 2.66. The molecule has 1 aromatic heterocycles. The molecule has 0 spiro atoms. The number of aromatic amines is 1. The first kappa shape index (κ1) is 24.6. The van der Waals surface area contributed by atoms with E-state index in [1.165, 1.54) is 6.33 Å². The zero-order valence-electron chi connectivity index (χ0n) is 17.0. The van der Waals surface area contributed by atoms with Gasteiger partial charge in [0.15, 0.2) is 0 Å². The van der Waals surface area contributed by atoms with Gasteiger partial charge in [-0.15, -0.1) is 0 Å². The van der Waals surface area contributed by atoms with Crippen molar-refractivity contribution >= 4 is 24.8 Å². The van der Waals surface area contributed by atoms with Crippen LogP contribution in [0.25, 0.3) is 0 Å². The van der Waals surface area contributed by atoms with Gasteiger partial charge in [0, 0.05) is 18.3 Å². The average molecular weight is 410 g/mol. The zero-order chi connectivity index (χ0) is 22.0. The number of nitrogens with zero attached hydrogens (tertiary/aromatic N) is 1. The maximum atomic E-state index is 12.5. The van der Waals surface area contributed by atoms with Crippen molar-refractivity contribution in [3.63, 3.8) is 0 Å². The van der Waals surface area contributed by atoms with Crippen LogP contribution in [0.2, 0.25) is 0 Å². The van der Waals surface area contributed by atoms with Crippen molar-refractivity contribution < 1.29 is 24.4 Å². The molecule has 1 rings (SSSR count). The van der Waals surface area contributed by atoms with Gasteiger partial charge in [-0.2, -0.15) is 0 Å². The third-order valence-electron chi connectivity index (χ3n) is 4.31. The Labute approximate surface area is 170 Å². The van der Waals surface area contributed by atoms with Crippen molar-refractivity contribution in [2.75, 3.05) is 6.54 Å². The minimum absolute atomic E-state index is 0.243. The van der Waals surface area contributed by atoms with Gasteiger partial charge in [0.05, 0.1) is 24.9 Å². The molecule has 12 heteroatoms. The van der Waals surface area contributed by atoms with Crippen LogP contribution < -0.4 is 21.7 Å². The molecule has 3 amide bonds. The quantitative estimate of drug-likeness (QED) is 0.191. The highest BCUT2D eigenvalue weighted by Crippen LogP contribution is 2.05. The average Bonchev–Trinajstić information content (AvgIpc) is 3.16. The van der Waals surface area contributed by atoms with Crippen molar-refractivity contribution in [2.45, 2.75) is 58.1 Å². The second kappa shape index (κ2) is 12.2. The van der Waals surface area contributed by atoms with Crippen molar-refractivity contribution in [1.82, 2.24) is 25.9 Å². The SMILES string of the molecule is CCC[C@H](NC(=O)[C@@H](NC(=O)CNC(=O)[C@@H](N)Cc1cnc[nH]1)C(C)C)B(O)O. The van der Waals surface area contributed by atoms with E-state index in [9.17, 15) is 24.4 Å². The van der Waals surface area contributed by atoms with Crippen LogP contribution in [0.1, 0.15) is 39.3 Å². The predicted molar refractivity (Wildman–Crippen MR) is 107 cm³/mol. The first-order chi connectivity index (χ1) is 13.6. The van der Waals surface area contributed by atoms with Gasteiger partial charge in [0.25, 0.3) is 0 Å². The highest BCUT2D eigenvalue weighted by molar-refractivity contribution is 6.43. The molecule has 0 aliphatic heterocycles. The molecule has 8 N–H and O–H groups in total. The molecule has 11 nitrogen and oxygen atoms in total. The third kappa shape index (κ3) is 8.63. The molecular formula is C17H31BN6O5. The minimum Gasteiger partial charge on any atom is -0.426 e. The van der Waals surface area contributed by atoms with Crippen LogP contribution in [0.5, 0.6) is 0 Å². The van der Waals surface area contributed by atoms with E-state index < -0.39 is 42.9 Å². The van der Waals surface area contributed by atoms with Crippen LogP contribution in [0, 0.1) is 5.92 Å². The molecule has 0 aliphatic carbocycles. The Morgan fingerprint density at radius 1 is 1.24 bits per heavy atom. The lowest BCUT2D eigenvalue weighted by atomic mass is 9.76. The molecule has 162 valence electrons. The molecule has 29 heavy (non-hydrogen) atoms. The fourth-order valence-electron chi connectivity index (χ4n) is 2.66. The highest BCUT2D eigenvalue weighted by Gasteiger charge is 2.30. The van der Waals surface area contributed by atoms with Crippen LogP contribution in [0.4, 0.5) is 0 Å². The summed E-state index contributed by atoms with van der Waals surface area (Å²) in [6, 6.07) is -1.75. The largest absolute Gasteiger partial charge is 0.475 e. The molecule has 0 fully saturated rings. The molecule has 0 saturated heterocycles. The van der Waals surface area contributed by atoms with Crippen molar-refractivity contribution in [1.29, 1.82) is 0 Å². The summed E-state index contributed by atoms with van der Waals surface area (Å²) in [6.07, 6.45) is 4.30. The van der Waals surface area contributed by atoms with E-state index >= 15 is 0 Å². The van der Waals surface area contributed by atoms with E-state index in [2.05, 4.69) is 25.9 Å². The lowest BCUT2D eigenvalue weighted by molar-refractivity contribution is -0.131. The van der Waals surface area contributed by atoms with Crippen molar-refractivity contribution in [3.05, 3.63) is 18.2 Å². The number of aromatic nitrogens is 2. The number of carbonyl (C=O) groups excluding carboxylic acids is 3. The summed E-state index contributed by atoms with van der Waals surface area (Å²) >= 11 is 0. The standard InChI is InChI=1S/C17H31BN6O5/c1-4-5-13(18(28)29)23-17(27)15(10(2)3)24-14(25)8-21-16(26)12(19)6-11-7-20-9-22-11/h7,9-10,12-13,15,28-29H,4-6,8,19H2,1-3H3,(H,20,22)(H,21,26)(H,23,27)(H,24,25)/t12-,13-,15-/m0/s1. The van der Waals surface area contributed by atoms with Gasteiger partial charge in [-0.25, -0.2) is 4.98 Å². The minimum atomic E-state index is -1.70. The smallest absolute Gasteiger partial charge is 0.426 e. The molecule has 0 bridgehead atoms. The van der Waals surface area contributed by atoms with E-state index in [1.807, 2.05) is 6.92 Å². The second-order valence-electron chi connectivity index (χ2n) is 7.21. The summed E-state index contributed by atoms with van der Waals surface area (Å²) in [7, 11) is -1.70. The Balaban J connectivity index is 2.54. The summed E-state index contributed by atoms with van der Waals surface area (Å²) in [6.45, 7) is 5.00. The van der Waals surface area contributed by atoms with Gasteiger partial charge < -0.3 is 36.7 Å². The van der Waals surface area contributed by atoms with Gasteiger partial charge >= 0.3 is 7.12 Å². The Morgan fingerprint density at radius 3 is 2.45 bits per heavy atom. The summed E-state index contributed by atoms with van der Waals surface area (Å²) in [4.78, 5) is 43.4. The first-order valence-corrected chi connectivity index (χ1v) is 9.62. The summed E-state index contributed by atoms with van der Waals surface area (Å²) in [5, 5.41) is 26.3. The summed E-state index contributed by atoms with van der Waals surface area (Å²) < 4.78 is 0. The number of nitrogens with one attached hydrogen (secondary N) is 4. The van der Waals surface area contributed by atoms with Crippen LogP contribution in [-0.2, 0) is 20.8 Å². The number of H-pyrrole nitrogens is 1. The molecule has 0 saturated carbocycles. The number of carbonyl (C=O) groups is 3. The second-order valence-corrected chi connectivity index (χ2v) is 7.21. The van der Waals surface area contributed by atoms with E-state index in [1.54, 1.807) is 20.0 Å². The molecule has 3 atom stereocenters. The van der Waals surface area contributed by atoms with Crippen LogP contribution in [-0.4, -0.2) is 69.4 Å². The topological polar surface area (TPSA) is 182 Å². The fraction of sp³-hybridized carbons (Fsp3) is 0.647. The Hall–Kier alpha value is -2.44. The van der Waals surface area contributed by atoms with E-state index in [0.717, 1.165) is 0 Å². The van der Waals surface area contributed by atoms with Gasteiger partial charge in [0.1, 0.15) is 6.04 Å². The summed E-state index contributed by atoms with van der Waals surface area (Å²) in [5.41, 5.74) is 6.50. The van der Waals surface area contributed by atoms with Crippen LogP contribution >= 0.6 is 0 Å². The highest BCUT2D eigenvalue weighted by atomic mass is 16.4. The molecule has 0 unspecified atom stereocenters. The Morgan fingerprint density at radius 2 is 1.93 bits per heavy atom. The molecule has 0 radical (unpaired) electrons. The zero-order valence-corrected chi connectivity index (χ0v) is 17.0. The maximum absolute atomic E-state index is 12.5. The van der Waals surface area contributed by atoms with E-state index in [0.29, 0.717) is 18.5 Å². The Kier molecular flexibility index (Phi) is 10.3. The van der Waals surface area contributed by atoms with Crippen LogP contribution in [0.15, 0.2) is 12.5 Å². The maximum Gasteiger partial charge on any atom is 0.475 e. The van der Waals surface area contributed by atoms with Gasteiger partial charge in [-0.05, 0) is 12.3 Å². The van der Waals surface area contributed by atoms with Gasteiger partial charge in [-0.1, -0.05) is 27.2 Å². The van der Waals surface area contributed by atoms with Crippen molar-refractivity contribution in [2.24, 2.45) is 11.7 Å². The number of rotatable bonds is 12. The number of nitrogens with two attached hydrogens (primary N) is 1. The van der Waals surface area contributed by atoms with Gasteiger partial charge in [0.2, 0.25) is 17.7 Å². The lowest BCUT2D eigenvalue weighted by Gasteiger charge is -2.25. The monoisotopic (exact) mass is 410 g/mol. The molecule has 1 heterocycles. The molecule has 0 aliphatic rings. The number of amides is 3. The van der Waals surface area contributed by atoms with Crippen LogP contribution in [0.3, 0.4) is 0 Å². The lowest BCUT2D eigenvalue weighted by Crippen LogP contribution is -2.57. The number of hydrogen-bond acceptors (Lipinski definition) is 7. The third-order valence-corrected chi connectivity index (χ3v) is 4.31. The van der Waals surface area contributed by atoms with Gasteiger partial charge in [-0.3, -0.25) is 14.4 Å². The molecular weight excluding hydrogens is 379 g/mol. The van der Waals surface area contributed by atoms with E-state index in [4.69, 9.17) is 5.73 Å². The van der Waals surface area contributed by atoms with E-state index in [-0.39, 0.29) is 18.9 Å². The van der Waals surface area contributed by atoms with Crippen molar-refractivity contribution in [3.8, 4) is 0 Å². The molecule has 1 aromatic rings. The normalized spacial score (nSPS) is 14.0. The Bertz CT molecular complexity index is 655.